The van der Waals surface area contributed by atoms with Crippen LogP contribution in [-0.2, 0) is 17.8 Å². The van der Waals surface area contributed by atoms with E-state index in [1.54, 1.807) is 24.3 Å². The van der Waals surface area contributed by atoms with Gasteiger partial charge in [0.05, 0.1) is 34.7 Å². The van der Waals surface area contributed by atoms with Gasteiger partial charge in [0.25, 0.3) is 5.56 Å². The van der Waals surface area contributed by atoms with Gasteiger partial charge in [0.2, 0.25) is 5.91 Å². The van der Waals surface area contributed by atoms with Crippen molar-refractivity contribution in [2.75, 3.05) is 5.32 Å². The van der Waals surface area contributed by atoms with E-state index in [4.69, 9.17) is 28.5 Å². The number of benzene rings is 2. The second kappa shape index (κ2) is 7.56. The average molecular weight is 387 g/mol. The minimum absolute atomic E-state index is 0.203. The summed E-state index contributed by atoms with van der Waals surface area (Å²) >= 11 is 12.0. The molecule has 0 spiro atoms. The SMILES string of the molecule is N#CCc1ccc(NC(=O)Cn2cnc3c(Cl)cc(Cl)cc3c2=O)cc1. The number of aromatic nitrogens is 2. The summed E-state index contributed by atoms with van der Waals surface area (Å²) in [5.74, 6) is -0.380. The molecule has 1 aromatic heterocycles. The molecule has 0 radical (unpaired) electrons. The second-order valence-electron chi connectivity index (χ2n) is 5.54. The highest BCUT2D eigenvalue weighted by Gasteiger charge is 2.11. The first-order chi connectivity index (χ1) is 12.5. The predicted octanol–water partition coefficient (Wildman–Crippen LogP) is 3.41. The van der Waals surface area contributed by atoms with Gasteiger partial charge in [0.15, 0.2) is 0 Å². The van der Waals surface area contributed by atoms with Gasteiger partial charge in [-0.25, -0.2) is 4.98 Å². The molecule has 1 N–H and O–H groups in total. The molecule has 8 heteroatoms. The van der Waals surface area contributed by atoms with Crippen LogP contribution in [0.25, 0.3) is 10.9 Å². The van der Waals surface area contributed by atoms with Gasteiger partial charge in [-0.15, -0.1) is 0 Å². The lowest BCUT2D eigenvalue weighted by atomic mass is 10.1. The maximum absolute atomic E-state index is 12.5. The Morgan fingerprint density at radius 2 is 1.96 bits per heavy atom. The van der Waals surface area contributed by atoms with Crippen LogP contribution in [0.5, 0.6) is 0 Å². The molecule has 0 fully saturated rings. The summed E-state index contributed by atoms with van der Waals surface area (Å²) in [4.78, 5) is 28.9. The molecule has 0 unspecified atom stereocenters. The van der Waals surface area contributed by atoms with E-state index in [1.165, 1.54) is 23.0 Å². The molecule has 2 aromatic carbocycles. The van der Waals surface area contributed by atoms with Crippen molar-refractivity contribution in [2.24, 2.45) is 0 Å². The van der Waals surface area contributed by atoms with E-state index in [-0.39, 0.29) is 22.9 Å². The lowest BCUT2D eigenvalue weighted by molar-refractivity contribution is -0.116. The number of carbonyl (C=O) groups is 1. The first-order valence-corrected chi connectivity index (χ1v) is 8.33. The van der Waals surface area contributed by atoms with E-state index < -0.39 is 5.56 Å². The number of carbonyl (C=O) groups excluding carboxylic acids is 1. The monoisotopic (exact) mass is 386 g/mol. The van der Waals surface area contributed by atoms with Crippen LogP contribution in [0.1, 0.15) is 5.56 Å². The Morgan fingerprint density at radius 1 is 1.23 bits per heavy atom. The third kappa shape index (κ3) is 3.85. The number of nitriles is 1. The molecule has 1 amide bonds. The Hall–Kier alpha value is -2.88. The van der Waals surface area contributed by atoms with Gasteiger partial charge in [-0.1, -0.05) is 35.3 Å². The minimum Gasteiger partial charge on any atom is -0.325 e. The number of anilines is 1. The zero-order valence-electron chi connectivity index (χ0n) is 13.4. The van der Waals surface area contributed by atoms with Crippen molar-refractivity contribution in [1.29, 1.82) is 5.26 Å². The van der Waals surface area contributed by atoms with Crippen molar-refractivity contribution < 1.29 is 4.79 Å². The van der Waals surface area contributed by atoms with Crippen molar-refractivity contribution in [3.63, 3.8) is 0 Å². The molecule has 3 aromatic rings. The first-order valence-electron chi connectivity index (χ1n) is 7.58. The maximum atomic E-state index is 12.5. The standard InChI is InChI=1S/C18H12Cl2N4O2/c19-12-7-14-17(15(20)8-12)22-10-24(18(14)26)9-16(25)23-13-3-1-11(2-4-13)5-6-21/h1-4,7-8,10H,5,9H2,(H,23,25). The first kappa shape index (κ1) is 17.9. The number of halogens is 2. The fourth-order valence-electron chi connectivity index (χ4n) is 2.46. The number of fused-ring (bicyclic) bond motifs is 1. The molecule has 0 aliphatic carbocycles. The Balaban J connectivity index is 1.80. The summed E-state index contributed by atoms with van der Waals surface area (Å²) < 4.78 is 1.19. The molecule has 0 saturated carbocycles. The molecule has 0 aliphatic rings. The number of nitrogens with zero attached hydrogens (tertiary/aromatic N) is 3. The van der Waals surface area contributed by atoms with E-state index in [2.05, 4.69) is 16.4 Å². The Bertz CT molecular complexity index is 1090. The van der Waals surface area contributed by atoms with Crippen LogP contribution >= 0.6 is 23.2 Å². The van der Waals surface area contributed by atoms with E-state index in [9.17, 15) is 9.59 Å². The average Bonchev–Trinajstić information content (AvgIpc) is 2.60. The van der Waals surface area contributed by atoms with Crippen LogP contribution < -0.4 is 10.9 Å². The third-order valence-electron chi connectivity index (χ3n) is 3.68. The summed E-state index contributed by atoms with van der Waals surface area (Å²) in [5, 5.41) is 12.2. The van der Waals surface area contributed by atoms with Crippen molar-refractivity contribution in [2.45, 2.75) is 13.0 Å². The van der Waals surface area contributed by atoms with Crippen LogP contribution in [0, 0.1) is 11.3 Å². The lowest BCUT2D eigenvalue weighted by Gasteiger charge is -2.09. The normalized spacial score (nSPS) is 10.5. The molecule has 0 bridgehead atoms. The second-order valence-corrected chi connectivity index (χ2v) is 6.39. The molecule has 1 heterocycles. The van der Waals surface area contributed by atoms with Crippen molar-refractivity contribution in [3.05, 3.63) is 68.7 Å². The smallest absolute Gasteiger partial charge is 0.261 e. The van der Waals surface area contributed by atoms with Gasteiger partial charge in [-0.3, -0.25) is 14.2 Å². The highest BCUT2D eigenvalue weighted by Crippen LogP contribution is 2.23. The highest BCUT2D eigenvalue weighted by atomic mass is 35.5. The quantitative estimate of drug-likeness (QED) is 0.743. The lowest BCUT2D eigenvalue weighted by Crippen LogP contribution is -2.28. The molecule has 26 heavy (non-hydrogen) atoms. The summed E-state index contributed by atoms with van der Waals surface area (Å²) in [5.41, 5.74) is 1.36. The molecule has 0 saturated heterocycles. The summed E-state index contributed by atoms with van der Waals surface area (Å²) in [6.45, 7) is -0.203. The fraction of sp³-hybridized carbons (Fsp3) is 0.111. The van der Waals surface area contributed by atoms with E-state index in [0.717, 1.165) is 5.56 Å². The zero-order chi connectivity index (χ0) is 18.7. The Labute approximate surface area is 158 Å². The van der Waals surface area contributed by atoms with Gasteiger partial charge in [-0.2, -0.15) is 5.26 Å². The molecular formula is C18H12Cl2N4O2. The van der Waals surface area contributed by atoms with Crippen LogP contribution in [0.4, 0.5) is 5.69 Å². The topological polar surface area (TPSA) is 87.8 Å². The molecular weight excluding hydrogens is 375 g/mol. The molecule has 3 rings (SSSR count). The molecule has 0 aliphatic heterocycles. The van der Waals surface area contributed by atoms with Gasteiger partial charge >= 0.3 is 0 Å². The van der Waals surface area contributed by atoms with Crippen LogP contribution in [0.2, 0.25) is 10.0 Å². The van der Waals surface area contributed by atoms with Crippen LogP contribution in [0.3, 0.4) is 0 Å². The van der Waals surface area contributed by atoms with Gasteiger partial charge < -0.3 is 5.32 Å². The van der Waals surface area contributed by atoms with Gasteiger partial charge in [0, 0.05) is 10.7 Å². The van der Waals surface area contributed by atoms with E-state index in [0.29, 0.717) is 22.6 Å². The summed E-state index contributed by atoms with van der Waals surface area (Å²) in [7, 11) is 0. The van der Waals surface area contributed by atoms with Gasteiger partial charge in [-0.05, 0) is 29.8 Å². The Morgan fingerprint density at radius 3 is 2.65 bits per heavy atom. The fourth-order valence-corrected chi connectivity index (χ4v) is 3.00. The largest absolute Gasteiger partial charge is 0.325 e. The molecule has 6 nitrogen and oxygen atoms in total. The number of rotatable bonds is 4. The van der Waals surface area contributed by atoms with Crippen molar-refractivity contribution in [3.8, 4) is 6.07 Å². The summed E-state index contributed by atoms with van der Waals surface area (Å²) in [6.07, 6.45) is 1.58. The minimum atomic E-state index is -0.404. The van der Waals surface area contributed by atoms with E-state index >= 15 is 0 Å². The zero-order valence-corrected chi connectivity index (χ0v) is 14.9. The molecule has 0 atom stereocenters. The number of nitrogens with one attached hydrogen (secondary N) is 1. The van der Waals surface area contributed by atoms with Gasteiger partial charge in [0.1, 0.15) is 6.54 Å². The summed E-state index contributed by atoms with van der Waals surface area (Å²) in [6, 6.07) is 11.9. The number of hydrogen-bond donors (Lipinski definition) is 1. The van der Waals surface area contributed by atoms with Crippen LogP contribution in [-0.4, -0.2) is 15.5 Å². The third-order valence-corrected chi connectivity index (χ3v) is 4.19. The van der Waals surface area contributed by atoms with E-state index in [1.807, 2.05) is 0 Å². The van der Waals surface area contributed by atoms with Crippen molar-refractivity contribution in [1.82, 2.24) is 9.55 Å². The Kier molecular flexibility index (Phi) is 5.21. The predicted molar refractivity (Wildman–Crippen MR) is 100 cm³/mol. The van der Waals surface area contributed by atoms with Crippen LogP contribution in [0.15, 0.2) is 47.5 Å². The number of amides is 1. The number of hydrogen-bond acceptors (Lipinski definition) is 4. The highest BCUT2D eigenvalue weighted by molar-refractivity contribution is 6.38. The molecule has 130 valence electrons. The van der Waals surface area contributed by atoms with Crippen molar-refractivity contribution >= 4 is 45.7 Å². The maximum Gasteiger partial charge on any atom is 0.261 e.